The Morgan fingerprint density at radius 2 is 1.61 bits per heavy atom. The third kappa shape index (κ3) is 4.19. The highest BCUT2D eigenvalue weighted by atomic mass is 15.2. The van der Waals surface area contributed by atoms with Crippen LogP contribution in [0.3, 0.4) is 0 Å². The maximum absolute atomic E-state index is 5.21. The average molecular weight is 472 g/mol. The van der Waals surface area contributed by atoms with Crippen molar-refractivity contribution in [1.82, 2.24) is 10.2 Å². The smallest absolute Gasteiger partial charge is 0.146 e. The maximum atomic E-state index is 5.21. The Labute approximate surface area is 214 Å². The van der Waals surface area contributed by atoms with Crippen LogP contribution in [0.25, 0.3) is 5.70 Å². The Balaban J connectivity index is 1.36. The summed E-state index contributed by atoms with van der Waals surface area (Å²) in [5.74, 6) is 0. The van der Waals surface area contributed by atoms with E-state index in [9.17, 15) is 0 Å². The van der Waals surface area contributed by atoms with Gasteiger partial charge in [0.1, 0.15) is 6.17 Å². The molecule has 0 spiro atoms. The molecular weight excluding hydrogens is 438 g/mol. The summed E-state index contributed by atoms with van der Waals surface area (Å²) in [5, 5.41) is 3.72. The summed E-state index contributed by atoms with van der Waals surface area (Å²) < 4.78 is 0. The molecule has 0 bridgehead atoms. The van der Waals surface area contributed by atoms with Gasteiger partial charge < -0.3 is 10.2 Å². The van der Waals surface area contributed by atoms with Crippen molar-refractivity contribution in [3.05, 3.63) is 136 Å². The maximum Gasteiger partial charge on any atom is 0.146 e. The molecule has 3 aromatic rings. The molecule has 2 atom stereocenters. The molecule has 0 radical (unpaired) electrons. The van der Waals surface area contributed by atoms with Crippen molar-refractivity contribution in [2.45, 2.75) is 51.9 Å². The number of aryl methyl sites for hydroxylation is 1. The van der Waals surface area contributed by atoms with Crippen molar-refractivity contribution < 1.29 is 0 Å². The number of hydrogen-bond acceptors (Lipinski definition) is 3. The molecular formula is C33H33N3. The largest absolute Gasteiger partial charge is 0.362 e. The van der Waals surface area contributed by atoms with Gasteiger partial charge in [0, 0.05) is 24.0 Å². The second-order valence-electron chi connectivity index (χ2n) is 11.1. The van der Waals surface area contributed by atoms with Gasteiger partial charge >= 0.3 is 0 Å². The summed E-state index contributed by atoms with van der Waals surface area (Å²) in [6, 6.07) is 26.7. The van der Waals surface area contributed by atoms with Crippen molar-refractivity contribution in [1.29, 1.82) is 0 Å². The zero-order valence-electron chi connectivity index (χ0n) is 21.5. The molecule has 0 fully saturated rings. The summed E-state index contributed by atoms with van der Waals surface area (Å²) in [6.07, 6.45) is 8.91. The number of nitrogens with zero attached hydrogens (tertiary/aromatic N) is 2. The Morgan fingerprint density at radius 3 is 2.36 bits per heavy atom. The quantitative estimate of drug-likeness (QED) is 0.443. The number of aliphatic imine (C=N–C) groups is 1. The lowest BCUT2D eigenvalue weighted by Crippen LogP contribution is -2.34. The van der Waals surface area contributed by atoms with Crippen LogP contribution in [0.2, 0.25) is 0 Å². The monoisotopic (exact) mass is 471 g/mol. The molecule has 2 unspecified atom stereocenters. The number of benzene rings is 3. The van der Waals surface area contributed by atoms with Gasteiger partial charge in [-0.15, -0.1) is 0 Å². The molecule has 0 aromatic heterocycles. The molecule has 3 aliphatic rings. The zero-order chi connectivity index (χ0) is 24.9. The predicted molar refractivity (Wildman–Crippen MR) is 150 cm³/mol. The van der Waals surface area contributed by atoms with Crippen LogP contribution in [0.5, 0.6) is 0 Å². The van der Waals surface area contributed by atoms with Gasteiger partial charge in [0.2, 0.25) is 0 Å². The van der Waals surface area contributed by atoms with Crippen LogP contribution < -0.4 is 5.32 Å². The third-order valence-electron chi connectivity index (χ3n) is 7.44. The van der Waals surface area contributed by atoms with E-state index in [2.05, 4.69) is 135 Å². The lowest BCUT2D eigenvalue weighted by atomic mass is 9.86. The fourth-order valence-corrected chi connectivity index (χ4v) is 5.27. The first-order valence-corrected chi connectivity index (χ1v) is 12.8. The van der Waals surface area contributed by atoms with Crippen LogP contribution in [-0.4, -0.2) is 16.8 Å². The lowest BCUT2D eigenvalue weighted by molar-refractivity contribution is 0.343. The second-order valence-corrected chi connectivity index (χ2v) is 11.1. The minimum absolute atomic E-state index is 0.126. The molecule has 0 saturated carbocycles. The summed E-state index contributed by atoms with van der Waals surface area (Å²) in [6.45, 7) is 9.82. The van der Waals surface area contributed by atoms with Crippen LogP contribution in [0.15, 0.2) is 108 Å². The fourth-order valence-electron chi connectivity index (χ4n) is 5.27. The standard InChI is InChI=1S/C33H33N3/c1-22-9-11-23(12-10-22)29-19-30(24-13-16-27(17-14-24)33(2,3)4)35-32(34-29)26-15-18-31-28-8-6-5-7-25(28)20-36(31)21-26/h5-19,21,31-32,34H,20H2,1-4H3. The van der Waals surface area contributed by atoms with Crippen molar-refractivity contribution in [3.8, 4) is 0 Å². The molecule has 180 valence electrons. The van der Waals surface area contributed by atoms with Gasteiger partial charge in [-0.05, 0) is 46.2 Å². The van der Waals surface area contributed by atoms with Crippen LogP contribution in [-0.2, 0) is 12.0 Å². The molecule has 3 heteroatoms. The number of rotatable bonds is 3. The van der Waals surface area contributed by atoms with Crippen LogP contribution in [0, 0.1) is 6.92 Å². The highest BCUT2D eigenvalue weighted by Gasteiger charge is 2.30. The van der Waals surface area contributed by atoms with Crippen LogP contribution >= 0.6 is 0 Å². The minimum atomic E-state index is -0.149. The predicted octanol–water partition coefficient (Wildman–Crippen LogP) is 7.06. The molecule has 3 heterocycles. The summed E-state index contributed by atoms with van der Waals surface area (Å²) in [7, 11) is 0. The van der Waals surface area contributed by atoms with E-state index in [4.69, 9.17) is 4.99 Å². The number of nitrogens with one attached hydrogen (secondary N) is 1. The topological polar surface area (TPSA) is 27.6 Å². The minimum Gasteiger partial charge on any atom is -0.362 e. The lowest BCUT2D eigenvalue weighted by Gasteiger charge is -2.31. The highest BCUT2D eigenvalue weighted by Crippen LogP contribution is 2.38. The van der Waals surface area contributed by atoms with E-state index in [1.165, 1.54) is 33.4 Å². The van der Waals surface area contributed by atoms with Crippen LogP contribution in [0.4, 0.5) is 0 Å². The first-order valence-electron chi connectivity index (χ1n) is 12.8. The van der Waals surface area contributed by atoms with Gasteiger partial charge in [-0.3, -0.25) is 4.99 Å². The Morgan fingerprint density at radius 1 is 0.889 bits per heavy atom. The highest BCUT2D eigenvalue weighted by molar-refractivity contribution is 6.13. The Hall–Kier alpha value is -3.85. The summed E-state index contributed by atoms with van der Waals surface area (Å²) in [5.41, 5.74) is 11.1. The van der Waals surface area contributed by atoms with Gasteiger partial charge in [-0.1, -0.05) is 111 Å². The Kier molecular flexibility index (Phi) is 5.44. The first kappa shape index (κ1) is 22.6. The van der Waals surface area contributed by atoms with Gasteiger partial charge in [0.15, 0.2) is 0 Å². The molecule has 3 aliphatic heterocycles. The molecule has 1 N–H and O–H groups in total. The molecule has 3 aromatic carbocycles. The zero-order valence-corrected chi connectivity index (χ0v) is 21.5. The molecule has 36 heavy (non-hydrogen) atoms. The van der Waals surface area contributed by atoms with Crippen molar-refractivity contribution >= 4 is 11.4 Å². The normalized spacial score (nSPS) is 20.7. The fraction of sp³-hybridized carbons (Fsp3) is 0.242. The van der Waals surface area contributed by atoms with Gasteiger partial charge in [-0.2, -0.15) is 0 Å². The second kappa shape index (κ2) is 8.67. The van der Waals surface area contributed by atoms with Crippen molar-refractivity contribution in [2.75, 3.05) is 0 Å². The number of hydrogen-bond donors (Lipinski definition) is 1. The molecule has 0 saturated heterocycles. The first-order chi connectivity index (χ1) is 17.3. The number of fused-ring (bicyclic) bond motifs is 3. The molecule has 0 aliphatic carbocycles. The van der Waals surface area contributed by atoms with E-state index in [1.54, 1.807) is 0 Å². The molecule has 3 nitrogen and oxygen atoms in total. The van der Waals surface area contributed by atoms with E-state index in [0.717, 1.165) is 23.5 Å². The number of allylic oxidation sites excluding steroid dienone is 1. The van der Waals surface area contributed by atoms with Gasteiger partial charge in [0.05, 0.1) is 11.8 Å². The van der Waals surface area contributed by atoms with Gasteiger partial charge in [0.25, 0.3) is 0 Å². The molecule has 6 rings (SSSR count). The van der Waals surface area contributed by atoms with Crippen molar-refractivity contribution in [2.24, 2.45) is 4.99 Å². The SMILES string of the molecule is Cc1ccc(C2=CC(c3ccc(C(C)(C)C)cc3)=NC(C3=CN4Cc5ccccc5C4C=C3)N2)cc1. The van der Waals surface area contributed by atoms with E-state index in [0.29, 0.717) is 6.04 Å². The van der Waals surface area contributed by atoms with Crippen molar-refractivity contribution in [3.63, 3.8) is 0 Å². The summed E-state index contributed by atoms with van der Waals surface area (Å²) in [4.78, 5) is 7.64. The van der Waals surface area contributed by atoms with E-state index >= 15 is 0 Å². The summed E-state index contributed by atoms with van der Waals surface area (Å²) >= 11 is 0. The van der Waals surface area contributed by atoms with Crippen LogP contribution in [0.1, 0.15) is 60.2 Å². The Bertz CT molecular complexity index is 1410. The molecule has 0 amide bonds. The van der Waals surface area contributed by atoms with Gasteiger partial charge in [-0.25, -0.2) is 0 Å². The van der Waals surface area contributed by atoms with E-state index in [1.807, 2.05) is 0 Å². The third-order valence-corrected chi connectivity index (χ3v) is 7.44. The average Bonchev–Trinajstić information content (AvgIpc) is 3.26. The van der Waals surface area contributed by atoms with E-state index < -0.39 is 0 Å². The van der Waals surface area contributed by atoms with E-state index in [-0.39, 0.29) is 11.6 Å².